The van der Waals surface area contributed by atoms with Gasteiger partial charge in [0, 0.05) is 35.7 Å². The molecule has 1 aliphatic rings. The molecule has 0 radical (unpaired) electrons. The number of esters is 1. The molecule has 2 aromatic rings. The third-order valence-electron chi connectivity index (χ3n) is 6.77. The predicted molar refractivity (Wildman–Crippen MR) is 152 cm³/mol. The number of rotatable bonds is 14. The highest BCUT2D eigenvalue weighted by molar-refractivity contribution is 6.28. The number of amides is 3. The Bertz CT molecular complexity index is 1330. The molecule has 0 saturated heterocycles. The highest BCUT2D eigenvalue weighted by Gasteiger charge is 2.30. The fourth-order valence-corrected chi connectivity index (χ4v) is 4.49. The molecule has 3 amide bonds. The molecule has 0 bridgehead atoms. The zero-order valence-electron chi connectivity index (χ0n) is 23.8. The molecule has 0 spiro atoms. The molecule has 0 heterocycles. The van der Waals surface area contributed by atoms with Crippen molar-refractivity contribution in [3.8, 4) is 0 Å². The molecule has 0 aromatic heterocycles. The van der Waals surface area contributed by atoms with Crippen molar-refractivity contribution in [3.05, 3.63) is 70.3 Å². The number of benzene rings is 2. The Morgan fingerprint density at radius 1 is 0.756 bits per heavy atom. The molecular weight excluding hydrogens is 526 g/mol. The number of nitrogens with one attached hydrogen (secondary N) is 3. The molecule has 0 fully saturated rings. The smallest absolute Gasteiger partial charge is 0.338 e. The van der Waals surface area contributed by atoms with Crippen molar-refractivity contribution in [2.45, 2.75) is 64.8 Å². The van der Waals surface area contributed by atoms with E-state index in [0.717, 1.165) is 32.1 Å². The lowest BCUT2D eigenvalue weighted by Gasteiger charge is -2.25. The van der Waals surface area contributed by atoms with Crippen molar-refractivity contribution in [1.82, 2.24) is 16.0 Å². The van der Waals surface area contributed by atoms with E-state index in [-0.39, 0.29) is 47.7 Å². The van der Waals surface area contributed by atoms with Crippen LogP contribution in [0.4, 0.5) is 0 Å². The first-order valence-electron chi connectivity index (χ1n) is 13.8. The minimum Gasteiger partial charge on any atom is -0.462 e. The van der Waals surface area contributed by atoms with Crippen LogP contribution >= 0.6 is 0 Å². The van der Waals surface area contributed by atoms with Crippen LogP contribution in [0.25, 0.3) is 0 Å². The van der Waals surface area contributed by atoms with Gasteiger partial charge in [0.25, 0.3) is 0 Å². The fraction of sp³-hybridized carbons (Fsp3) is 0.419. The molecular formula is C31H37N3O7. The van der Waals surface area contributed by atoms with E-state index in [4.69, 9.17) is 4.74 Å². The molecule has 0 atom stereocenters. The Morgan fingerprint density at radius 3 is 2.00 bits per heavy atom. The van der Waals surface area contributed by atoms with Gasteiger partial charge in [0.05, 0.1) is 18.7 Å². The monoisotopic (exact) mass is 563 g/mol. The quantitative estimate of drug-likeness (QED) is 0.202. The highest BCUT2D eigenvalue weighted by Crippen LogP contribution is 2.28. The molecule has 41 heavy (non-hydrogen) atoms. The van der Waals surface area contributed by atoms with Gasteiger partial charge in [-0.3, -0.25) is 24.0 Å². The minimum absolute atomic E-state index is 0.183. The van der Waals surface area contributed by atoms with E-state index in [2.05, 4.69) is 16.0 Å². The first-order chi connectivity index (χ1) is 19.5. The van der Waals surface area contributed by atoms with E-state index < -0.39 is 17.4 Å². The van der Waals surface area contributed by atoms with Gasteiger partial charge in [-0.1, -0.05) is 49.9 Å². The van der Waals surface area contributed by atoms with E-state index in [1.807, 2.05) is 0 Å². The maximum absolute atomic E-state index is 12.9. The van der Waals surface area contributed by atoms with Gasteiger partial charge < -0.3 is 20.7 Å². The lowest BCUT2D eigenvalue weighted by molar-refractivity contribution is -0.132. The standard InChI is InChI=1S/C31H37N3O7/c1-20(35)33-19-26(36)34-31(2,3)30(40)32-16-10-6-4-5-7-11-17-41-29(39)21-14-15-24-25(18-21)28(38)23-13-9-8-12-22(23)27(24)37/h8-9,12-15,18H,4-7,10-11,16-17,19H2,1-3H3,(H,32,40)(H,33,35)(H,34,36). The summed E-state index contributed by atoms with van der Waals surface area (Å²) >= 11 is 0. The second kappa shape index (κ2) is 14.3. The predicted octanol–water partition coefficient (Wildman–Crippen LogP) is 3.11. The maximum atomic E-state index is 12.9. The van der Waals surface area contributed by atoms with Crippen LogP contribution in [0.15, 0.2) is 42.5 Å². The Hall–Kier alpha value is -4.34. The van der Waals surface area contributed by atoms with E-state index in [9.17, 15) is 28.8 Å². The van der Waals surface area contributed by atoms with Gasteiger partial charge in [-0.15, -0.1) is 0 Å². The largest absolute Gasteiger partial charge is 0.462 e. The van der Waals surface area contributed by atoms with Crippen molar-refractivity contribution in [2.75, 3.05) is 19.7 Å². The molecule has 3 rings (SSSR count). The lowest BCUT2D eigenvalue weighted by Crippen LogP contribution is -2.56. The number of hydrogen-bond donors (Lipinski definition) is 3. The van der Waals surface area contributed by atoms with Crippen LogP contribution in [-0.4, -0.2) is 60.5 Å². The molecule has 0 aliphatic heterocycles. The Balaban J connectivity index is 1.29. The van der Waals surface area contributed by atoms with Crippen LogP contribution in [0.5, 0.6) is 0 Å². The average Bonchev–Trinajstić information content (AvgIpc) is 2.95. The summed E-state index contributed by atoms with van der Waals surface area (Å²) in [5.41, 5.74) is 0.362. The second-order valence-electron chi connectivity index (χ2n) is 10.6. The van der Waals surface area contributed by atoms with Gasteiger partial charge in [-0.05, 0) is 44.9 Å². The van der Waals surface area contributed by atoms with Crippen molar-refractivity contribution in [2.24, 2.45) is 0 Å². The number of unbranched alkanes of at least 4 members (excludes halogenated alkanes) is 5. The van der Waals surface area contributed by atoms with Crippen LogP contribution in [0.1, 0.15) is 101 Å². The van der Waals surface area contributed by atoms with Crippen LogP contribution in [0.3, 0.4) is 0 Å². The number of fused-ring (bicyclic) bond motifs is 2. The SMILES string of the molecule is CC(=O)NCC(=O)NC(C)(C)C(=O)NCCCCCCCCOC(=O)c1ccc2c(c1)C(=O)c1ccccc1C2=O. The van der Waals surface area contributed by atoms with Crippen LogP contribution in [0.2, 0.25) is 0 Å². The summed E-state index contributed by atoms with van der Waals surface area (Å²) in [6, 6.07) is 11.1. The van der Waals surface area contributed by atoms with Gasteiger partial charge in [-0.2, -0.15) is 0 Å². The third-order valence-corrected chi connectivity index (χ3v) is 6.77. The normalized spacial score (nSPS) is 12.2. The molecule has 218 valence electrons. The summed E-state index contributed by atoms with van der Waals surface area (Å²) < 4.78 is 5.38. The Morgan fingerprint density at radius 2 is 1.34 bits per heavy atom. The van der Waals surface area contributed by atoms with Crippen molar-refractivity contribution >= 4 is 35.3 Å². The van der Waals surface area contributed by atoms with E-state index in [0.29, 0.717) is 29.7 Å². The number of ketones is 2. The van der Waals surface area contributed by atoms with Gasteiger partial charge in [0.2, 0.25) is 17.7 Å². The van der Waals surface area contributed by atoms with Crippen LogP contribution < -0.4 is 16.0 Å². The van der Waals surface area contributed by atoms with E-state index in [1.165, 1.54) is 25.1 Å². The summed E-state index contributed by atoms with van der Waals surface area (Å²) in [6.45, 7) is 5.08. The summed E-state index contributed by atoms with van der Waals surface area (Å²) in [5.74, 6) is -2.10. The second-order valence-corrected chi connectivity index (χ2v) is 10.6. The Kier molecular flexibility index (Phi) is 10.9. The minimum atomic E-state index is -1.09. The van der Waals surface area contributed by atoms with Gasteiger partial charge >= 0.3 is 5.97 Å². The Labute approximate surface area is 239 Å². The molecule has 10 nitrogen and oxygen atoms in total. The summed E-state index contributed by atoms with van der Waals surface area (Å²) in [4.78, 5) is 73.2. The van der Waals surface area contributed by atoms with Gasteiger partial charge in [-0.25, -0.2) is 4.79 Å². The highest BCUT2D eigenvalue weighted by atomic mass is 16.5. The van der Waals surface area contributed by atoms with Gasteiger partial charge in [0.15, 0.2) is 11.6 Å². The van der Waals surface area contributed by atoms with Crippen LogP contribution in [0, 0.1) is 0 Å². The first-order valence-corrected chi connectivity index (χ1v) is 13.8. The third kappa shape index (κ3) is 8.57. The van der Waals surface area contributed by atoms with Crippen molar-refractivity contribution in [3.63, 3.8) is 0 Å². The molecule has 10 heteroatoms. The fourth-order valence-electron chi connectivity index (χ4n) is 4.49. The summed E-state index contributed by atoms with van der Waals surface area (Å²) in [5, 5.41) is 7.82. The van der Waals surface area contributed by atoms with E-state index in [1.54, 1.807) is 38.1 Å². The van der Waals surface area contributed by atoms with Crippen molar-refractivity contribution in [1.29, 1.82) is 0 Å². The summed E-state index contributed by atoms with van der Waals surface area (Å²) in [6.07, 6.45) is 5.20. The number of hydrogen-bond acceptors (Lipinski definition) is 7. The van der Waals surface area contributed by atoms with Crippen molar-refractivity contribution < 1.29 is 33.5 Å². The van der Waals surface area contributed by atoms with Gasteiger partial charge in [0.1, 0.15) is 5.54 Å². The van der Waals surface area contributed by atoms with Crippen LogP contribution in [-0.2, 0) is 19.1 Å². The number of ether oxygens (including phenoxy) is 1. The topological polar surface area (TPSA) is 148 Å². The van der Waals surface area contributed by atoms with E-state index >= 15 is 0 Å². The molecule has 0 saturated carbocycles. The zero-order valence-corrected chi connectivity index (χ0v) is 23.8. The molecule has 3 N–H and O–H groups in total. The zero-order chi connectivity index (χ0) is 30.0. The molecule has 0 unspecified atom stereocenters. The number of carbonyl (C=O) groups excluding carboxylic acids is 6. The molecule has 1 aliphatic carbocycles. The molecule has 2 aromatic carbocycles. The lowest BCUT2D eigenvalue weighted by atomic mass is 9.83. The average molecular weight is 564 g/mol. The first kappa shape index (κ1) is 31.2. The summed E-state index contributed by atoms with van der Waals surface area (Å²) in [7, 11) is 0. The maximum Gasteiger partial charge on any atom is 0.338 e. The number of carbonyl (C=O) groups is 6.